The maximum Gasteiger partial charge on any atom is 0.165 e. The molecule has 1 aromatic carbocycles. The van der Waals surface area contributed by atoms with Gasteiger partial charge >= 0.3 is 0 Å². The van der Waals surface area contributed by atoms with Gasteiger partial charge in [0.25, 0.3) is 0 Å². The molecule has 1 N–H and O–H groups in total. The van der Waals surface area contributed by atoms with Gasteiger partial charge in [-0.3, -0.25) is 0 Å². The molecule has 106 valence electrons. The van der Waals surface area contributed by atoms with Gasteiger partial charge in [0.15, 0.2) is 11.5 Å². The highest BCUT2D eigenvalue weighted by Gasteiger charge is 2.25. The number of ether oxygens (including phenoxy) is 2. The van der Waals surface area contributed by atoms with Crippen LogP contribution in [-0.2, 0) is 0 Å². The quantitative estimate of drug-likeness (QED) is 0.816. The molecule has 0 bridgehead atoms. The van der Waals surface area contributed by atoms with Gasteiger partial charge in [-0.1, -0.05) is 38.3 Å². The third-order valence-electron chi connectivity index (χ3n) is 4.05. The molecule has 1 aliphatic carbocycles. The van der Waals surface area contributed by atoms with Crippen LogP contribution in [0, 0.1) is 5.92 Å². The largest absolute Gasteiger partial charge is 0.493 e. The lowest BCUT2D eigenvalue weighted by Gasteiger charge is -2.31. The van der Waals surface area contributed by atoms with Gasteiger partial charge in [0, 0.05) is 11.6 Å². The molecule has 1 aliphatic rings. The van der Waals surface area contributed by atoms with Crippen LogP contribution >= 0.6 is 0 Å². The van der Waals surface area contributed by atoms with E-state index in [-0.39, 0.29) is 0 Å². The second-order valence-corrected chi connectivity index (χ2v) is 5.23. The lowest BCUT2D eigenvalue weighted by atomic mass is 9.79. The molecule has 1 unspecified atom stereocenters. The summed E-state index contributed by atoms with van der Waals surface area (Å²) in [5.41, 5.74) is 1.22. The second-order valence-electron chi connectivity index (χ2n) is 5.23. The van der Waals surface area contributed by atoms with Crippen molar-refractivity contribution in [1.29, 1.82) is 0 Å². The molecule has 1 aromatic rings. The molecule has 3 heteroatoms. The van der Waals surface area contributed by atoms with Gasteiger partial charge < -0.3 is 14.8 Å². The molecule has 0 saturated heterocycles. The lowest BCUT2D eigenvalue weighted by molar-refractivity contribution is 0.258. The van der Waals surface area contributed by atoms with E-state index in [0.717, 1.165) is 24.0 Å². The number of para-hydroxylation sites is 1. The van der Waals surface area contributed by atoms with Crippen LogP contribution in [0.2, 0.25) is 0 Å². The van der Waals surface area contributed by atoms with Crippen LogP contribution in [0.4, 0.5) is 0 Å². The van der Waals surface area contributed by atoms with E-state index in [4.69, 9.17) is 9.47 Å². The first-order chi connectivity index (χ1) is 9.30. The zero-order valence-corrected chi connectivity index (χ0v) is 12.2. The van der Waals surface area contributed by atoms with E-state index in [9.17, 15) is 0 Å². The molecule has 0 heterocycles. The highest BCUT2D eigenvalue weighted by atomic mass is 16.5. The van der Waals surface area contributed by atoms with Gasteiger partial charge in [0.2, 0.25) is 0 Å². The number of rotatable bonds is 7. The van der Waals surface area contributed by atoms with E-state index in [1.54, 1.807) is 14.2 Å². The fourth-order valence-corrected chi connectivity index (χ4v) is 2.81. The van der Waals surface area contributed by atoms with Crippen molar-refractivity contribution in [3.05, 3.63) is 23.8 Å². The highest BCUT2D eigenvalue weighted by Crippen LogP contribution is 2.40. The molecule has 0 spiro atoms. The Labute approximate surface area is 116 Å². The van der Waals surface area contributed by atoms with E-state index < -0.39 is 0 Å². The van der Waals surface area contributed by atoms with Crippen LogP contribution in [0.3, 0.4) is 0 Å². The molecule has 1 saturated carbocycles. The molecule has 0 radical (unpaired) electrons. The SMILES string of the molecule is CCNC(CC1CCC1)c1cccc(OC)c1OC. The predicted molar refractivity (Wildman–Crippen MR) is 77.9 cm³/mol. The number of methoxy groups -OCH3 is 2. The Morgan fingerprint density at radius 1 is 1.26 bits per heavy atom. The van der Waals surface area contributed by atoms with Gasteiger partial charge in [-0.2, -0.15) is 0 Å². The topological polar surface area (TPSA) is 30.5 Å². The average molecular weight is 263 g/mol. The van der Waals surface area contributed by atoms with Gasteiger partial charge in [0.05, 0.1) is 14.2 Å². The number of hydrogen-bond acceptors (Lipinski definition) is 3. The average Bonchev–Trinajstić information content (AvgIpc) is 2.40. The summed E-state index contributed by atoms with van der Waals surface area (Å²) in [6.07, 6.45) is 5.32. The molecule has 3 nitrogen and oxygen atoms in total. The number of hydrogen-bond donors (Lipinski definition) is 1. The Morgan fingerprint density at radius 3 is 2.58 bits per heavy atom. The maximum atomic E-state index is 5.56. The Bertz CT molecular complexity index is 402. The van der Waals surface area contributed by atoms with Gasteiger partial charge in [-0.25, -0.2) is 0 Å². The minimum Gasteiger partial charge on any atom is -0.493 e. The van der Waals surface area contributed by atoms with Crippen molar-refractivity contribution in [1.82, 2.24) is 5.32 Å². The summed E-state index contributed by atoms with van der Waals surface area (Å²) < 4.78 is 11.0. The van der Waals surface area contributed by atoms with E-state index in [2.05, 4.69) is 18.3 Å². The van der Waals surface area contributed by atoms with Crippen LogP contribution in [0.1, 0.15) is 44.2 Å². The van der Waals surface area contributed by atoms with Crippen molar-refractivity contribution in [3.63, 3.8) is 0 Å². The molecule has 19 heavy (non-hydrogen) atoms. The summed E-state index contributed by atoms with van der Waals surface area (Å²) in [5, 5.41) is 3.59. The summed E-state index contributed by atoms with van der Waals surface area (Å²) in [5.74, 6) is 2.55. The Morgan fingerprint density at radius 2 is 2.05 bits per heavy atom. The summed E-state index contributed by atoms with van der Waals surface area (Å²) in [6, 6.07) is 6.50. The normalized spacial score (nSPS) is 16.8. The van der Waals surface area contributed by atoms with E-state index in [1.165, 1.54) is 31.2 Å². The van der Waals surface area contributed by atoms with Crippen molar-refractivity contribution in [2.45, 2.75) is 38.6 Å². The molecular formula is C16H25NO2. The zero-order chi connectivity index (χ0) is 13.7. The van der Waals surface area contributed by atoms with Crippen LogP contribution in [0.25, 0.3) is 0 Å². The third-order valence-corrected chi connectivity index (χ3v) is 4.05. The first kappa shape index (κ1) is 14.2. The monoisotopic (exact) mass is 263 g/mol. The van der Waals surface area contributed by atoms with Gasteiger partial charge in [-0.05, 0) is 24.9 Å². The molecule has 1 atom stereocenters. The molecular weight excluding hydrogens is 238 g/mol. The minimum atomic E-state index is 0.361. The van der Waals surface area contributed by atoms with Crippen molar-refractivity contribution in [2.24, 2.45) is 5.92 Å². The first-order valence-electron chi connectivity index (χ1n) is 7.24. The molecule has 0 aromatic heterocycles. The molecule has 0 amide bonds. The summed E-state index contributed by atoms with van der Waals surface area (Å²) in [7, 11) is 3.41. The van der Waals surface area contributed by atoms with Gasteiger partial charge in [-0.15, -0.1) is 0 Å². The van der Waals surface area contributed by atoms with Crippen LogP contribution < -0.4 is 14.8 Å². The number of nitrogens with one attached hydrogen (secondary N) is 1. The standard InChI is InChI=1S/C16H25NO2/c1-4-17-14(11-12-7-5-8-12)13-9-6-10-15(18-2)16(13)19-3/h6,9-10,12,14,17H,4-5,7-8,11H2,1-3H3. The van der Waals surface area contributed by atoms with Crippen molar-refractivity contribution in [2.75, 3.05) is 20.8 Å². The van der Waals surface area contributed by atoms with Crippen LogP contribution in [0.15, 0.2) is 18.2 Å². The van der Waals surface area contributed by atoms with Crippen molar-refractivity contribution >= 4 is 0 Å². The predicted octanol–water partition coefficient (Wildman–Crippen LogP) is 3.54. The molecule has 2 rings (SSSR count). The Balaban J connectivity index is 2.23. The summed E-state index contributed by atoms with van der Waals surface area (Å²) in [4.78, 5) is 0. The van der Waals surface area contributed by atoms with Crippen LogP contribution in [-0.4, -0.2) is 20.8 Å². The minimum absolute atomic E-state index is 0.361. The maximum absolute atomic E-state index is 5.56. The lowest BCUT2D eigenvalue weighted by Crippen LogP contribution is -2.26. The zero-order valence-electron chi connectivity index (χ0n) is 12.2. The van der Waals surface area contributed by atoms with Crippen molar-refractivity contribution in [3.8, 4) is 11.5 Å². The van der Waals surface area contributed by atoms with E-state index in [1.807, 2.05) is 12.1 Å². The smallest absolute Gasteiger partial charge is 0.165 e. The summed E-state index contributed by atoms with van der Waals surface area (Å²) in [6.45, 7) is 3.12. The Kier molecular flexibility index (Phi) is 5.08. The number of benzene rings is 1. The van der Waals surface area contributed by atoms with Gasteiger partial charge in [0.1, 0.15) is 0 Å². The van der Waals surface area contributed by atoms with E-state index in [0.29, 0.717) is 6.04 Å². The highest BCUT2D eigenvalue weighted by molar-refractivity contribution is 5.48. The fourth-order valence-electron chi connectivity index (χ4n) is 2.81. The summed E-state index contributed by atoms with van der Waals surface area (Å²) >= 11 is 0. The van der Waals surface area contributed by atoms with Crippen molar-refractivity contribution < 1.29 is 9.47 Å². The first-order valence-corrected chi connectivity index (χ1v) is 7.24. The molecule has 1 fully saturated rings. The Hall–Kier alpha value is -1.22. The van der Waals surface area contributed by atoms with E-state index >= 15 is 0 Å². The fraction of sp³-hybridized carbons (Fsp3) is 0.625. The third kappa shape index (κ3) is 3.21. The van der Waals surface area contributed by atoms with Crippen LogP contribution in [0.5, 0.6) is 11.5 Å². The second kappa shape index (κ2) is 6.80. The molecule has 0 aliphatic heterocycles.